The lowest BCUT2D eigenvalue weighted by atomic mass is 10.1. The molecule has 4 atom stereocenters. The van der Waals surface area contributed by atoms with Crippen LogP contribution in [0, 0.1) is 0 Å². The first-order valence-electron chi connectivity index (χ1n) is 12.4. The molecule has 0 aliphatic carbocycles. The average Bonchev–Trinajstić information content (AvgIpc) is 3.48. The first kappa shape index (κ1) is 30.6. The lowest BCUT2D eigenvalue weighted by molar-refractivity contribution is -0.138. The Kier molecular flexibility index (Phi) is 8.30. The molecule has 11 nitrogen and oxygen atoms in total. The monoisotopic (exact) mass is 616 g/mol. The number of amides is 2. The van der Waals surface area contributed by atoms with E-state index in [0.717, 1.165) is 27.6 Å². The van der Waals surface area contributed by atoms with Crippen molar-refractivity contribution in [3.05, 3.63) is 59.8 Å². The quantitative estimate of drug-likeness (QED) is 0.466. The number of carbonyl (C=O) groups is 3. The topological polar surface area (TPSA) is 151 Å². The third kappa shape index (κ3) is 6.28. The Balaban J connectivity index is 1.59. The van der Waals surface area contributed by atoms with Crippen LogP contribution in [0.5, 0.6) is 0 Å². The molecular formula is C25H27F3N4O7S2. The highest BCUT2D eigenvalue weighted by molar-refractivity contribution is 7.91. The van der Waals surface area contributed by atoms with Crippen LogP contribution in [0.3, 0.4) is 0 Å². The molecule has 2 aromatic rings. The lowest BCUT2D eigenvalue weighted by Gasteiger charge is -2.29. The third-order valence-electron chi connectivity index (χ3n) is 7.25. The smallest absolute Gasteiger partial charge is 0.340 e. The van der Waals surface area contributed by atoms with Gasteiger partial charge in [-0.3, -0.25) is 14.4 Å². The zero-order chi connectivity index (χ0) is 30.3. The standard InChI is InChI=1S/C25H27F3N4O7S2/c1-15(40(2,36)37)13-18(30-23(34)16-6-8-17(9-7-16)25(26,27)28)24(35)31-12-10-19-22(31)20(33)14-32(19)41(38,39)21-5-3-4-11-29-21/h3-9,11,15,18-19,22H,10,12-14H2,1-2H3,(H,30,34). The van der Waals surface area contributed by atoms with E-state index in [0.29, 0.717) is 12.1 Å². The maximum atomic E-state index is 13.7. The van der Waals surface area contributed by atoms with Gasteiger partial charge in [0, 0.05) is 24.6 Å². The number of Topliss-reactive ketones (excluding diaryl/α,β-unsaturated/α-hetero) is 1. The summed E-state index contributed by atoms with van der Waals surface area (Å²) in [6.07, 6.45) is -2.67. The molecule has 0 spiro atoms. The Hall–Kier alpha value is -3.37. The number of carbonyl (C=O) groups excluding carboxylic acids is 3. The number of rotatable bonds is 8. The van der Waals surface area contributed by atoms with Crippen LogP contribution in [0.4, 0.5) is 13.2 Å². The van der Waals surface area contributed by atoms with Crippen molar-refractivity contribution in [3.8, 4) is 0 Å². The fourth-order valence-electron chi connectivity index (χ4n) is 4.94. The minimum atomic E-state index is -4.63. The maximum absolute atomic E-state index is 13.7. The van der Waals surface area contributed by atoms with Crippen LogP contribution < -0.4 is 5.32 Å². The van der Waals surface area contributed by atoms with Gasteiger partial charge in [0.05, 0.1) is 23.4 Å². The molecule has 0 bridgehead atoms. The molecule has 0 saturated carbocycles. The third-order valence-corrected chi connectivity index (χ3v) is 10.7. The van der Waals surface area contributed by atoms with Crippen molar-refractivity contribution < 1.29 is 44.4 Å². The number of hydrogen-bond acceptors (Lipinski definition) is 8. The fraction of sp³-hybridized carbons (Fsp3) is 0.440. The van der Waals surface area contributed by atoms with Crippen LogP contribution in [0.1, 0.15) is 35.7 Å². The van der Waals surface area contributed by atoms with Gasteiger partial charge in [0.25, 0.3) is 15.9 Å². The van der Waals surface area contributed by atoms with Crippen LogP contribution in [0.15, 0.2) is 53.7 Å². The molecular weight excluding hydrogens is 589 g/mol. The van der Waals surface area contributed by atoms with E-state index in [2.05, 4.69) is 10.3 Å². The summed E-state index contributed by atoms with van der Waals surface area (Å²) in [5.41, 5.74) is -1.19. The van der Waals surface area contributed by atoms with Crippen LogP contribution in [0.2, 0.25) is 0 Å². The van der Waals surface area contributed by atoms with E-state index < -0.39 is 79.1 Å². The summed E-state index contributed by atoms with van der Waals surface area (Å²) in [6.45, 7) is 0.781. The van der Waals surface area contributed by atoms with Gasteiger partial charge in [0.1, 0.15) is 21.9 Å². The minimum absolute atomic E-state index is 0.0476. The van der Waals surface area contributed by atoms with Crippen molar-refractivity contribution in [3.63, 3.8) is 0 Å². The zero-order valence-electron chi connectivity index (χ0n) is 21.9. The number of halogens is 3. The molecule has 0 radical (unpaired) electrons. The van der Waals surface area contributed by atoms with Gasteiger partial charge < -0.3 is 10.2 Å². The second-order valence-electron chi connectivity index (χ2n) is 9.99. The highest BCUT2D eigenvalue weighted by Gasteiger charge is 2.54. The second kappa shape index (κ2) is 11.1. The number of sulfone groups is 1. The fourth-order valence-corrected chi connectivity index (χ4v) is 7.04. The Bertz CT molecular complexity index is 1550. The Morgan fingerprint density at radius 2 is 1.76 bits per heavy atom. The molecule has 2 amide bonds. The van der Waals surface area contributed by atoms with Gasteiger partial charge in [-0.25, -0.2) is 21.8 Å². The van der Waals surface area contributed by atoms with Crippen molar-refractivity contribution in [1.29, 1.82) is 0 Å². The van der Waals surface area contributed by atoms with Crippen molar-refractivity contribution in [2.45, 2.75) is 54.3 Å². The molecule has 1 aromatic heterocycles. The largest absolute Gasteiger partial charge is 0.416 e. The number of likely N-dealkylation sites (tertiary alicyclic amines) is 1. The van der Waals surface area contributed by atoms with E-state index in [9.17, 15) is 44.4 Å². The predicted octanol–water partition coefficient (Wildman–Crippen LogP) is 1.27. The minimum Gasteiger partial charge on any atom is -0.340 e. The zero-order valence-corrected chi connectivity index (χ0v) is 23.5. The highest BCUT2D eigenvalue weighted by atomic mass is 32.2. The molecule has 222 valence electrons. The van der Waals surface area contributed by atoms with Crippen LogP contribution in [0.25, 0.3) is 0 Å². The number of pyridine rings is 1. The summed E-state index contributed by atoms with van der Waals surface area (Å²) < 4.78 is 90.4. The van der Waals surface area contributed by atoms with E-state index in [4.69, 9.17) is 0 Å². The van der Waals surface area contributed by atoms with Crippen LogP contribution in [-0.4, -0.2) is 91.3 Å². The number of nitrogens with one attached hydrogen (secondary N) is 1. The molecule has 3 heterocycles. The summed E-state index contributed by atoms with van der Waals surface area (Å²) in [5, 5.41) is 1.03. The number of sulfonamides is 1. The second-order valence-corrected chi connectivity index (χ2v) is 14.3. The van der Waals surface area contributed by atoms with Gasteiger partial charge in [-0.1, -0.05) is 6.07 Å². The van der Waals surface area contributed by atoms with Gasteiger partial charge in [-0.05, 0) is 56.2 Å². The van der Waals surface area contributed by atoms with Crippen LogP contribution >= 0.6 is 0 Å². The predicted molar refractivity (Wildman–Crippen MR) is 139 cm³/mol. The van der Waals surface area contributed by atoms with Gasteiger partial charge in [0.2, 0.25) is 5.91 Å². The summed E-state index contributed by atoms with van der Waals surface area (Å²) in [4.78, 5) is 44.7. The van der Waals surface area contributed by atoms with E-state index in [1.54, 1.807) is 0 Å². The Labute approximate surface area is 234 Å². The van der Waals surface area contributed by atoms with Gasteiger partial charge in [-0.15, -0.1) is 0 Å². The Morgan fingerprint density at radius 1 is 1.10 bits per heavy atom. The van der Waals surface area contributed by atoms with E-state index in [1.165, 1.54) is 31.3 Å². The Morgan fingerprint density at radius 3 is 2.32 bits per heavy atom. The van der Waals surface area contributed by atoms with E-state index >= 15 is 0 Å². The van der Waals surface area contributed by atoms with E-state index in [-0.39, 0.29) is 30.0 Å². The number of fused-ring (bicyclic) bond motifs is 1. The molecule has 2 aliphatic rings. The molecule has 2 saturated heterocycles. The van der Waals surface area contributed by atoms with Crippen molar-refractivity contribution >= 4 is 37.5 Å². The van der Waals surface area contributed by atoms with E-state index in [1.807, 2.05) is 0 Å². The first-order chi connectivity index (χ1) is 19.0. The first-order valence-corrected chi connectivity index (χ1v) is 15.8. The molecule has 1 N–H and O–H groups in total. The normalized spacial score (nSPS) is 21.4. The molecule has 4 unspecified atom stereocenters. The number of hydrogen-bond donors (Lipinski definition) is 1. The molecule has 16 heteroatoms. The average molecular weight is 617 g/mol. The summed E-state index contributed by atoms with van der Waals surface area (Å²) >= 11 is 0. The number of benzene rings is 1. The molecule has 41 heavy (non-hydrogen) atoms. The molecule has 2 fully saturated rings. The van der Waals surface area contributed by atoms with Gasteiger partial charge in [0.15, 0.2) is 10.8 Å². The lowest BCUT2D eigenvalue weighted by Crippen LogP contribution is -2.53. The van der Waals surface area contributed by atoms with Gasteiger partial charge in [-0.2, -0.15) is 17.5 Å². The number of nitrogens with zero attached hydrogens (tertiary/aromatic N) is 3. The number of ketones is 1. The van der Waals surface area contributed by atoms with Crippen molar-refractivity contribution in [2.75, 3.05) is 19.3 Å². The number of alkyl halides is 3. The highest BCUT2D eigenvalue weighted by Crippen LogP contribution is 2.34. The van der Waals surface area contributed by atoms with Crippen LogP contribution in [-0.2, 0) is 35.6 Å². The molecule has 2 aliphatic heterocycles. The summed E-state index contributed by atoms with van der Waals surface area (Å²) in [7, 11) is -7.84. The maximum Gasteiger partial charge on any atom is 0.416 e. The summed E-state index contributed by atoms with van der Waals surface area (Å²) in [6, 6.07) is 4.01. The van der Waals surface area contributed by atoms with Crippen molar-refractivity contribution in [2.24, 2.45) is 0 Å². The summed E-state index contributed by atoms with van der Waals surface area (Å²) in [5.74, 6) is -2.28. The van der Waals surface area contributed by atoms with Gasteiger partial charge >= 0.3 is 6.18 Å². The number of aromatic nitrogens is 1. The molecule has 1 aromatic carbocycles. The van der Waals surface area contributed by atoms with Crippen molar-refractivity contribution in [1.82, 2.24) is 19.5 Å². The SMILES string of the molecule is CC(CC(NC(=O)c1ccc(C(F)(F)F)cc1)C(=O)N1CCC2C1C(=O)CN2S(=O)(=O)c1ccccn1)S(C)(=O)=O. The molecule has 4 rings (SSSR count).